The van der Waals surface area contributed by atoms with Crippen molar-refractivity contribution in [1.82, 2.24) is 9.29 Å². The van der Waals surface area contributed by atoms with Crippen LogP contribution in [0.4, 0.5) is 5.69 Å². The molecule has 1 aliphatic rings. The monoisotopic (exact) mass is 403 g/mol. The summed E-state index contributed by atoms with van der Waals surface area (Å²) < 4.78 is 30.9. The topological polar surface area (TPSA) is 88.6 Å². The van der Waals surface area contributed by atoms with Gasteiger partial charge in [-0.05, 0) is 56.0 Å². The molecule has 28 heavy (non-hydrogen) atoms. The van der Waals surface area contributed by atoms with Gasteiger partial charge in [0.2, 0.25) is 21.8 Å². The molecular weight excluding hydrogens is 378 g/mol. The zero-order valence-corrected chi connectivity index (χ0v) is 17.1. The maximum absolute atomic E-state index is 12.6. The van der Waals surface area contributed by atoms with Gasteiger partial charge in [0, 0.05) is 12.6 Å². The lowest BCUT2D eigenvalue weighted by Crippen LogP contribution is -2.49. The van der Waals surface area contributed by atoms with E-state index in [1.165, 1.54) is 16.1 Å². The third-order valence-corrected chi connectivity index (χ3v) is 6.18. The number of carbonyl (C=O) groups is 1. The Morgan fingerprint density at radius 1 is 1.18 bits per heavy atom. The molecule has 1 atom stereocenters. The van der Waals surface area contributed by atoms with Crippen molar-refractivity contribution in [3.05, 3.63) is 47.7 Å². The largest absolute Gasteiger partial charge is 0.439 e. The molecule has 1 unspecified atom stereocenters. The quantitative estimate of drug-likeness (QED) is 0.828. The second-order valence-corrected chi connectivity index (χ2v) is 9.04. The van der Waals surface area contributed by atoms with Crippen molar-refractivity contribution in [3.8, 4) is 11.6 Å². The third kappa shape index (κ3) is 4.88. The number of pyridine rings is 1. The van der Waals surface area contributed by atoms with Gasteiger partial charge in [-0.3, -0.25) is 4.79 Å². The van der Waals surface area contributed by atoms with Gasteiger partial charge in [-0.15, -0.1) is 0 Å². The molecule has 1 amide bonds. The molecule has 1 fully saturated rings. The van der Waals surface area contributed by atoms with E-state index in [1.54, 1.807) is 12.1 Å². The molecule has 1 saturated heterocycles. The molecule has 0 bridgehead atoms. The highest BCUT2D eigenvalue weighted by molar-refractivity contribution is 7.88. The zero-order chi connectivity index (χ0) is 20.3. The molecule has 8 heteroatoms. The molecule has 3 rings (SSSR count). The Bertz CT molecular complexity index is 958. The van der Waals surface area contributed by atoms with Crippen LogP contribution in [0.15, 0.2) is 36.5 Å². The highest BCUT2D eigenvalue weighted by Gasteiger charge is 2.34. The van der Waals surface area contributed by atoms with Crippen molar-refractivity contribution in [2.24, 2.45) is 0 Å². The van der Waals surface area contributed by atoms with Crippen LogP contribution in [0.2, 0.25) is 0 Å². The standard InChI is InChI=1S/C20H25N3O4S/c1-14-7-9-17(12-15(14)2)27-19-10-8-16(13-21-19)22-20(24)18-6-4-5-11-23(18)28(3,25)26/h7-10,12-13,18H,4-6,11H2,1-3H3,(H,22,24). The fraction of sp³-hybridized carbons (Fsp3) is 0.400. The van der Waals surface area contributed by atoms with Gasteiger partial charge in [0.25, 0.3) is 0 Å². The normalized spacial score (nSPS) is 17.9. The van der Waals surface area contributed by atoms with Gasteiger partial charge < -0.3 is 10.1 Å². The Kier molecular flexibility index (Phi) is 6.00. The Morgan fingerprint density at radius 2 is 1.96 bits per heavy atom. The molecule has 2 heterocycles. The lowest BCUT2D eigenvalue weighted by molar-refractivity contribution is -0.120. The van der Waals surface area contributed by atoms with Gasteiger partial charge in [-0.25, -0.2) is 13.4 Å². The first kappa shape index (κ1) is 20.3. The minimum Gasteiger partial charge on any atom is -0.439 e. The predicted octanol–water partition coefficient (Wildman–Crippen LogP) is 3.24. The van der Waals surface area contributed by atoms with Crippen LogP contribution in [0.1, 0.15) is 30.4 Å². The molecule has 150 valence electrons. The second kappa shape index (κ2) is 8.28. The number of hydrogen-bond acceptors (Lipinski definition) is 5. The third-order valence-electron chi connectivity index (χ3n) is 4.89. The number of carbonyl (C=O) groups excluding carboxylic acids is 1. The van der Waals surface area contributed by atoms with Crippen molar-refractivity contribution in [1.29, 1.82) is 0 Å². The number of ether oxygens (including phenoxy) is 1. The van der Waals surface area contributed by atoms with E-state index in [0.717, 1.165) is 24.7 Å². The minimum absolute atomic E-state index is 0.338. The number of anilines is 1. The van der Waals surface area contributed by atoms with E-state index >= 15 is 0 Å². The summed E-state index contributed by atoms with van der Waals surface area (Å²) in [5, 5.41) is 2.76. The van der Waals surface area contributed by atoms with E-state index in [1.807, 2.05) is 32.0 Å². The summed E-state index contributed by atoms with van der Waals surface area (Å²) in [4.78, 5) is 16.8. The van der Waals surface area contributed by atoms with E-state index in [9.17, 15) is 13.2 Å². The number of benzene rings is 1. The summed E-state index contributed by atoms with van der Waals surface area (Å²) in [6, 6.07) is 8.47. The van der Waals surface area contributed by atoms with Crippen LogP contribution in [-0.4, -0.2) is 42.5 Å². The number of piperidine rings is 1. The van der Waals surface area contributed by atoms with E-state index in [0.29, 0.717) is 30.3 Å². The number of rotatable bonds is 5. The maximum Gasteiger partial charge on any atom is 0.242 e. The lowest BCUT2D eigenvalue weighted by atomic mass is 10.0. The summed E-state index contributed by atoms with van der Waals surface area (Å²) in [6.07, 6.45) is 4.75. The van der Waals surface area contributed by atoms with Crippen molar-refractivity contribution in [3.63, 3.8) is 0 Å². The number of aryl methyl sites for hydroxylation is 2. The first-order valence-electron chi connectivity index (χ1n) is 9.23. The van der Waals surface area contributed by atoms with Crippen molar-refractivity contribution >= 4 is 21.6 Å². The summed E-state index contributed by atoms with van der Waals surface area (Å²) in [6.45, 7) is 4.42. The van der Waals surface area contributed by atoms with Crippen LogP contribution >= 0.6 is 0 Å². The Morgan fingerprint density at radius 3 is 2.61 bits per heavy atom. The number of nitrogens with one attached hydrogen (secondary N) is 1. The smallest absolute Gasteiger partial charge is 0.242 e. The second-order valence-electron chi connectivity index (χ2n) is 7.11. The van der Waals surface area contributed by atoms with Gasteiger partial charge in [0.05, 0.1) is 18.1 Å². The Hall–Kier alpha value is -2.45. The zero-order valence-electron chi connectivity index (χ0n) is 16.3. The van der Waals surface area contributed by atoms with Gasteiger partial charge in [0.15, 0.2) is 0 Å². The molecule has 1 N–H and O–H groups in total. The van der Waals surface area contributed by atoms with Crippen LogP contribution in [-0.2, 0) is 14.8 Å². The van der Waals surface area contributed by atoms with Crippen LogP contribution < -0.4 is 10.1 Å². The van der Waals surface area contributed by atoms with E-state index in [4.69, 9.17) is 4.74 Å². The average molecular weight is 404 g/mol. The van der Waals surface area contributed by atoms with Crippen LogP contribution in [0.25, 0.3) is 0 Å². The fourth-order valence-electron chi connectivity index (χ4n) is 3.20. The number of sulfonamides is 1. The molecule has 0 radical (unpaired) electrons. The van der Waals surface area contributed by atoms with Crippen LogP contribution in [0, 0.1) is 13.8 Å². The molecule has 0 spiro atoms. The van der Waals surface area contributed by atoms with E-state index < -0.39 is 16.1 Å². The highest BCUT2D eigenvalue weighted by Crippen LogP contribution is 2.24. The maximum atomic E-state index is 12.6. The van der Waals surface area contributed by atoms with Gasteiger partial charge in [0.1, 0.15) is 11.8 Å². The van der Waals surface area contributed by atoms with Gasteiger partial charge in [-0.1, -0.05) is 12.5 Å². The van der Waals surface area contributed by atoms with Gasteiger partial charge >= 0.3 is 0 Å². The molecule has 0 saturated carbocycles. The summed E-state index contributed by atoms with van der Waals surface area (Å²) in [7, 11) is -3.42. The lowest BCUT2D eigenvalue weighted by Gasteiger charge is -2.32. The number of aromatic nitrogens is 1. The average Bonchev–Trinajstić information content (AvgIpc) is 2.65. The molecule has 2 aromatic rings. The molecule has 7 nitrogen and oxygen atoms in total. The predicted molar refractivity (Wildman–Crippen MR) is 108 cm³/mol. The number of hydrogen-bond donors (Lipinski definition) is 1. The molecule has 1 aliphatic heterocycles. The Balaban J connectivity index is 1.66. The summed E-state index contributed by atoms with van der Waals surface area (Å²) in [5.41, 5.74) is 2.81. The van der Waals surface area contributed by atoms with Crippen molar-refractivity contribution in [2.75, 3.05) is 18.1 Å². The van der Waals surface area contributed by atoms with Crippen LogP contribution in [0.3, 0.4) is 0 Å². The number of nitrogens with zero attached hydrogens (tertiary/aromatic N) is 2. The molecule has 0 aliphatic carbocycles. The highest BCUT2D eigenvalue weighted by atomic mass is 32.2. The molecule has 1 aromatic heterocycles. The van der Waals surface area contributed by atoms with E-state index in [2.05, 4.69) is 10.3 Å². The van der Waals surface area contributed by atoms with Crippen molar-refractivity contribution in [2.45, 2.75) is 39.2 Å². The minimum atomic E-state index is -3.42. The molecule has 1 aromatic carbocycles. The SMILES string of the molecule is Cc1ccc(Oc2ccc(NC(=O)C3CCCCN3S(C)(=O)=O)cn2)cc1C. The Labute approximate surface area is 165 Å². The van der Waals surface area contributed by atoms with Crippen molar-refractivity contribution < 1.29 is 17.9 Å². The molecular formula is C20H25N3O4S. The van der Waals surface area contributed by atoms with Gasteiger partial charge in [-0.2, -0.15) is 4.31 Å². The summed E-state index contributed by atoms with van der Waals surface area (Å²) in [5.74, 6) is 0.768. The first-order chi connectivity index (χ1) is 13.2. The fourth-order valence-corrected chi connectivity index (χ4v) is 4.33. The summed E-state index contributed by atoms with van der Waals surface area (Å²) >= 11 is 0. The van der Waals surface area contributed by atoms with Crippen LogP contribution in [0.5, 0.6) is 11.6 Å². The number of amides is 1. The first-order valence-corrected chi connectivity index (χ1v) is 11.1. The van der Waals surface area contributed by atoms with E-state index in [-0.39, 0.29) is 5.91 Å².